The first-order chi connectivity index (χ1) is 8.54. The maximum Gasteiger partial charge on any atom is 0.0326 e. The molecule has 0 saturated carbocycles. The lowest BCUT2D eigenvalue weighted by atomic mass is 9.89. The zero-order chi connectivity index (χ0) is 13.5. The number of hydrogen-bond acceptors (Lipinski definition) is 2. The molecule has 0 aliphatic rings. The summed E-state index contributed by atoms with van der Waals surface area (Å²) < 4.78 is 0. The molecule has 0 aromatic carbocycles. The lowest BCUT2D eigenvalue weighted by Crippen LogP contribution is -2.24. The van der Waals surface area contributed by atoms with Crippen LogP contribution in [0.3, 0.4) is 0 Å². The minimum atomic E-state index is 0.465. The Morgan fingerprint density at radius 1 is 1.22 bits per heavy atom. The summed E-state index contributed by atoms with van der Waals surface area (Å²) in [6.07, 6.45) is 6.37. The summed E-state index contributed by atoms with van der Waals surface area (Å²) in [5.74, 6) is 1.53. The summed E-state index contributed by atoms with van der Waals surface area (Å²) in [6, 6.07) is 2.62. The quantitative estimate of drug-likeness (QED) is 0.785. The van der Waals surface area contributed by atoms with E-state index in [1.165, 1.54) is 24.0 Å². The molecule has 1 aromatic heterocycles. The van der Waals surface area contributed by atoms with Gasteiger partial charge in [-0.25, -0.2) is 0 Å². The molecular formula is C16H28N2. The fourth-order valence-corrected chi connectivity index (χ4v) is 2.75. The van der Waals surface area contributed by atoms with Gasteiger partial charge in [-0.1, -0.05) is 27.7 Å². The van der Waals surface area contributed by atoms with Gasteiger partial charge in [0.1, 0.15) is 0 Å². The minimum Gasteiger partial charge on any atom is -0.310 e. The Balaban J connectivity index is 2.74. The Hall–Kier alpha value is -0.890. The highest BCUT2D eigenvalue weighted by atomic mass is 14.9. The van der Waals surface area contributed by atoms with Gasteiger partial charge in [0.2, 0.25) is 0 Å². The van der Waals surface area contributed by atoms with Crippen molar-refractivity contribution >= 4 is 0 Å². The van der Waals surface area contributed by atoms with Crippen LogP contribution in [-0.2, 0) is 0 Å². The maximum atomic E-state index is 4.19. The van der Waals surface area contributed by atoms with Crippen molar-refractivity contribution in [3.8, 4) is 0 Å². The van der Waals surface area contributed by atoms with Crippen LogP contribution in [0, 0.1) is 18.8 Å². The van der Waals surface area contributed by atoms with Crippen molar-refractivity contribution < 1.29 is 0 Å². The molecule has 0 amide bonds. The van der Waals surface area contributed by atoms with Crippen molar-refractivity contribution in [1.29, 1.82) is 0 Å². The molecule has 102 valence electrons. The number of pyridine rings is 1. The second-order valence-electron chi connectivity index (χ2n) is 5.81. The molecule has 2 unspecified atom stereocenters. The van der Waals surface area contributed by atoms with E-state index in [0.717, 1.165) is 18.4 Å². The monoisotopic (exact) mass is 248 g/mol. The van der Waals surface area contributed by atoms with Crippen LogP contribution in [0.4, 0.5) is 0 Å². The first-order valence-corrected chi connectivity index (χ1v) is 7.18. The van der Waals surface area contributed by atoms with E-state index < -0.39 is 0 Å². The van der Waals surface area contributed by atoms with Gasteiger partial charge in [0, 0.05) is 18.4 Å². The zero-order valence-electron chi connectivity index (χ0n) is 12.5. The molecule has 2 heteroatoms. The molecule has 0 fully saturated rings. The predicted molar refractivity (Wildman–Crippen MR) is 78.6 cm³/mol. The molecule has 0 bridgehead atoms. The standard InChI is InChI=1S/C16H28N2/c1-6-18-16(10-13(4)9-12(2)3)15-7-8-17-11-14(15)5/h7-8,11-13,16,18H,6,9-10H2,1-5H3. The van der Waals surface area contributed by atoms with Crippen LogP contribution < -0.4 is 5.32 Å². The Morgan fingerprint density at radius 2 is 1.94 bits per heavy atom. The van der Waals surface area contributed by atoms with Gasteiger partial charge in [0.25, 0.3) is 0 Å². The van der Waals surface area contributed by atoms with Crippen LogP contribution in [0.1, 0.15) is 57.7 Å². The molecular weight excluding hydrogens is 220 g/mol. The molecule has 18 heavy (non-hydrogen) atoms. The van der Waals surface area contributed by atoms with Crippen molar-refractivity contribution in [2.45, 2.75) is 53.5 Å². The first-order valence-electron chi connectivity index (χ1n) is 7.18. The first kappa shape index (κ1) is 15.2. The summed E-state index contributed by atoms with van der Waals surface area (Å²) in [4.78, 5) is 4.19. The number of aromatic nitrogens is 1. The molecule has 1 rings (SSSR count). The summed E-state index contributed by atoms with van der Waals surface area (Å²) in [5.41, 5.74) is 2.70. The average molecular weight is 248 g/mol. The SMILES string of the molecule is CCNC(CC(C)CC(C)C)c1ccncc1C. The van der Waals surface area contributed by atoms with Crippen LogP contribution in [0.15, 0.2) is 18.5 Å². The third-order valence-electron chi connectivity index (χ3n) is 3.40. The average Bonchev–Trinajstić information content (AvgIpc) is 2.28. The van der Waals surface area contributed by atoms with Gasteiger partial charge in [-0.2, -0.15) is 0 Å². The van der Waals surface area contributed by atoms with Crippen molar-refractivity contribution in [3.05, 3.63) is 29.6 Å². The predicted octanol–water partition coefficient (Wildman–Crippen LogP) is 4.11. The highest BCUT2D eigenvalue weighted by molar-refractivity contribution is 5.25. The summed E-state index contributed by atoms with van der Waals surface area (Å²) in [5, 5.41) is 3.62. The number of nitrogens with zero attached hydrogens (tertiary/aromatic N) is 1. The van der Waals surface area contributed by atoms with E-state index in [4.69, 9.17) is 0 Å². The molecule has 0 spiro atoms. The Labute approximate surface area is 112 Å². The van der Waals surface area contributed by atoms with Crippen LogP contribution in [-0.4, -0.2) is 11.5 Å². The Morgan fingerprint density at radius 3 is 2.50 bits per heavy atom. The van der Waals surface area contributed by atoms with E-state index >= 15 is 0 Å². The minimum absolute atomic E-state index is 0.465. The van der Waals surface area contributed by atoms with Gasteiger partial charge in [0.15, 0.2) is 0 Å². The third kappa shape index (κ3) is 4.77. The van der Waals surface area contributed by atoms with Gasteiger partial charge in [-0.3, -0.25) is 4.98 Å². The van der Waals surface area contributed by atoms with E-state index in [9.17, 15) is 0 Å². The highest BCUT2D eigenvalue weighted by Crippen LogP contribution is 2.26. The van der Waals surface area contributed by atoms with Crippen molar-refractivity contribution in [1.82, 2.24) is 10.3 Å². The smallest absolute Gasteiger partial charge is 0.0326 e. The molecule has 0 aliphatic heterocycles. The number of nitrogens with one attached hydrogen (secondary N) is 1. The third-order valence-corrected chi connectivity index (χ3v) is 3.40. The largest absolute Gasteiger partial charge is 0.310 e. The molecule has 2 nitrogen and oxygen atoms in total. The summed E-state index contributed by atoms with van der Waals surface area (Å²) in [7, 11) is 0. The fraction of sp³-hybridized carbons (Fsp3) is 0.688. The van der Waals surface area contributed by atoms with E-state index in [-0.39, 0.29) is 0 Å². The summed E-state index contributed by atoms with van der Waals surface area (Å²) in [6.45, 7) is 12.3. The topological polar surface area (TPSA) is 24.9 Å². The van der Waals surface area contributed by atoms with Crippen molar-refractivity contribution in [2.24, 2.45) is 11.8 Å². The molecule has 0 aliphatic carbocycles. The lowest BCUT2D eigenvalue weighted by molar-refractivity contribution is 0.358. The Kier molecular flexibility index (Phi) is 6.34. The molecule has 1 N–H and O–H groups in total. The lowest BCUT2D eigenvalue weighted by Gasteiger charge is -2.24. The Bertz CT molecular complexity index is 347. The normalized spacial score (nSPS) is 14.8. The van der Waals surface area contributed by atoms with Crippen LogP contribution in [0.2, 0.25) is 0 Å². The second-order valence-corrected chi connectivity index (χ2v) is 5.81. The van der Waals surface area contributed by atoms with Crippen LogP contribution >= 0.6 is 0 Å². The molecule has 1 heterocycles. The summed E-state index contributed by atoms with van der Waals surface area (Å²) >= 11 is 0. The van der Waals surface area contributed by atoms with Crippen molar-refractivity contribution in [2.75, 3.05) is 6.54 Å². The zero-order valence-corrected chi connectivity index (χ0v) is 12.5. The molecule has 0 radical (unpaired) electrons. The van der Waals surface area contributed by atoms with Gasteiger partial charge >= 0.3 is 0 Å². The number of aryl methyl sites for hydroxylation is 1. The molecule has 0 saturated heterocycles. The van der Waals surface area contributed by atoms with Gasteiger partial charge in [0.05, 0.1) is 0 Å². The van der Waals surface area contributed by atoms with Crippen molar-refractivity contribution in [3.63, 3.8) is 0 Å². The van der Waals surface area contributed by atoms with Crippen LogP contribution in [0.25, 0.3) is 0 Å². The van der Waals surface area contributed by atoms with Gasteiger partial charge in [-0.15, -0.1) is 0 Å². The van der Waals surface area contributed by atoms with Gasteiger partial charge in [-0.05, 0) is 55.3 Å². The number of hydrogen-bond donors (Lipinski definition) is 1. The van der Waals surface area contributed by atoms with Crippen LogP contribution in [0.5, 0.6) is 0 Å². The van der Waals surface area contributed by atoms with E-state index in [1.54, 1.807) is 0 Å². The van der Waals surface area contributed by atoms with E-state index in [1.807, 2.05) is 12.4 Å². The molecule has 2 atom stereocenters. The van der Waals surface area contributed by atoms with E-state index in [0.29, 0.717) is 6.04 Å². The molecule has 1 aromatic rings. The maximum absolute atomic E-state index is 4.19. The van der Waals surface area contributed by atoms with Gasteiger partial charge < -0.3 is 5.32 Å². The fourth-order valence-electron chi connectivity index (χ4n) is 2.75. The second kappa shape index (κ2) is 7.52. The van der Waals surface area contributed by atoms with E-state index in [2.05, 4.69) is 51.0 Å². The number of rotatable bonds is 7. The highest BCUT2D eigenvalue weighted by Gasteiger charge is 2.16.